The fourth-order valence-corrected chi connectivity index (χ4v) is 2.45. The van der Waals surface area contributed by atoms with E-state index < -0.39 is 0 Å². The zero-order valence-corrected chi connectivity index (χ0v) is 11.4. The van der Waals surface area contributed by atoms with Crippen LogP contribution in [0, 0.1) is 6.92 Å². The molecule has 0 aliphatic carbocycles. The van der Waals surface area contributed by atoms with Gasteiger partial charge in [-0.2, -0.15) is 0 Å². The van der Waals surface area contributed by atoms with Crippen molar-refractivity contribution in [2.45, 2.75) is 45.8 Å². The lowest BCUT2D eigenvalue weighted by Crippen LogP contribution is -2.61. The van der Waals surface area contributed by atoms with Gasteiger partial charge in [0.05, 0.1) is 0 Å². The van der Waals surface area contributed by atoms with Gasteiger partial charge in [0.15, 0.2) is 0 Å². The van der Waals surface area contributed by atoms with Gasteiger partial charge < -0.3 is 9.88 Å². The highest BCUT2D eigenvalue weighted by atomic mass is 15.3. The lowest BCUT2D eigenvalue weighted by atomic mass is 9.99. The molecule has 1 aromatic heterocycles. The van der Waals surface area contributed by atoms with E-state index in [2.05, 4.69) is 53.7 Å². The highest BCUT2D eigenvalue weighted by molar-refractivity contribution is 4.92. The predicted molar refractivity (Wildman–Crippen MR) is 70.1 cm³/mol. The number of rotatable bonds is 3. The summed E-state index contributed by atoms with van der Waals surface area (Å²) in [6, 6.07) is 0.617. The van der Waals surface area contributed by atoms with E-state index in [0.29, 0.717) is 6.04 Å². The van der Waals surface area contributed by atoms with Gasteiger partial charge in [-0.1, -0.05) is 0 Å². The molecule has 0 radical (unpaired) electrons. The second-order valence-corrected chi connectivity index (χ2v) is 5.75. The number of hydrogen-bond donors (Lipinski definition) is 1. The Kier molecular flexibility index (Phi) is 3.54. The molecule has 0 spiro atoms. The van der Waals surface area contributed by atoms with Crippen molar-refractivity contribution in [3.05, 3.63) is 18.2 Å². The summed E-state index contributed by atoms with van der Waals surface area (Å²) in [5.41, 5.74) is 0.233. The maximum absolute atomic E-state index is 4.26. The zero-order valence-electron chi connectivity index (χ0n) is 11.4. The van der Waals surface area contributed by atoms with E-state index in [9.17, 15) is 0 Å². The van der Waals surface area contributed by atoms with E-state index in [1.54, 1.807) is 0 Å². The minimum atomic E-state index is 0.233. The molecule has 4 heteroatoms. The van der Waals surface area contributed by atoms with Crippen molar-refractivity contribution in [2.24, 2.45) is 0 Å². The summed E-state index contributed by atoms with van der Waals surface area (Å²) < 4.78 is 2.22. The lowest BCUT2D eigenvalue weighted by Gasteiger charge is -2.43. The lowest BCUT2D eigenvalue weighted by molar-refractivity contribution is 0.101. The summed E-state index contributed by atoms with van der Waals surface area (Å²) in [7, 11) is 0. The predicted octanol–water partition coefficient (Wildman–Crippen LogP) is 1.26. The van der Waals surface area contributed by atoms with Crippen molar-refractivity contribution in [3.8, 4) is 0 Å². The Labute approximate surface area is 104 Å². The van der Waals surface area contributed by atoms with Crippen LogP contribution in [0.4, 0.5) is 0 Å². The first-order valence-corrected chi connectivity index (χ1v) is 6.45. The average Bonchev–Trinajstić information content (AvgIpc) is 2.66. The number of imidazole rings is 1. The molecule has 1 aliphatic rings. The molecule has 2 rings (SSSR count). The first-order chi connectivity index (χ1) is 7.98. The Balaban J connectivity index is 1.91. The quantitative estimate of drug-likeness (QED) is 0.858. The Morgan fingerprint density at radius 2 is 2.24 bits per heavy atom. The Morgan fingerprint density at radius 3 is 2.88 bits per heavy atom. The molecule has 96 valence electrons. The van der Waals surface area contributed by atoms with Gasteiger partial charge in [0.25, 0.3) is 0 Å². The van der Waals surface area contributed by atoms with E-state index in [0.717, 1.165) is 32.0 Å². The topological polar surface area (TPSA) is 33.1 Å². The summed E-state index contributed by atoms with van der Waals surface area (Å²) in [4.78, 5) is 6.83. The summed E-state index contributed by atoms with van der Waals surface area (Å²) in [6.45, 7) is 13.2. The Morgan fingerprint density at radius 1 is 1.47 bits per heavy atom. The van der Waals surface area contributed by atoms with Crippen molar-refractivity contribution in [2.75, 3.05) is 19.6 Å². The Hall–Kier alpha value is -0.870. The highest BCUT2D eigenvalue weighted by Crippen LogP contribution is 2.14. The van der Waals surface area contributed by atoms with Crippen LogP contribution in [0.2, 0.25) is 0 Å². The van der Waals surface area contributed by atoms with Gasteiger partial charge >= 0.3 is 0 Å². The number of nitrogens with one attached hydrogen (secondary N) is 1. The largest absolute Gasteiger partial charge is 0.334 e. The fourth-order valence-electron chi connectivity index (χ4n) is 2.45. The van der Waals surface area contributed by atoms with E-state index >= 15 is 0 Å². The standard InChI is InChI=1S/C13H24N4/c1-11-9-15-13(3,4)10-17(11)8-7-16-6-5-14-12(16)2/h5-6,11,15H,7-10H2,1-4H3. The van der Waals surface area contributed by atoms with Crippen molar-refractivity contribution < 1.29 is 0 Å². The van der Waals surface area contributed by atoms with Crippen LogP contribution in [0.5, 0.6) is 0 Å². The first-order valence-electron chi connectivity index (χ1n) is 6.45. The van der Waals surface area contributed by atoms with Gasteiger partial charge in [-0.05, 0) is 27.7 Å². The third-order valence-electron chi connectivity index (χ3n) is 3.65. The minimum absolute atomic E-state index is 0.233. The molecule has 1 aromatic rings. The van der Waals surface area contributed by atoms with Crippen LogP contribution in [0.3, 0.4) is 0 Å². The van der Waals surface area contributed by atoms with E-state index in [-0.39, 0.29) is 5.54 Å². The number of aromatic nitrogens is 2. The number of aryl methyl sites for hydroxylation is 1. The fraction of sp³-hybridized carbons (Fsp3) is 0.769. The van der Waals surface area contributed by atoms with Gasteiger partial charge in [0.1, 0.15) is 5.82 Å². The van der Waals surface area contributed by atoms with Gasteiger partial charge in [0, 0.05) is 50.2 Å². The van der Waals surface area contributed by atoms with E-state index in [1.807, 2.05) is 6.20 Å². The van der Waals surface area contributed by atoms with Crippen LogP contribution in [0.1, 0.15) is 26.6 Å². The molecule has 1 unspecified atom stereocenters. The van der Waals surface area contributed by atoms with Gasteiger partial charge in [-0.3, -0.25) is 4.90 Å². The molecule has 0 saturated carbocycles. The summed E-state index contributed by atoms with van der Waals surface area (Å²) in [5, 5.41) is 3.58. The summed E-state index contributed by atoms with van der Waals surface area (Å²) in [5.74, 6) is 1.10. The molecule has 1 saturated heterocycles. The molecular formula is C13H24N4. The second kappa shape index (κ2) is 4.78. The molecule has 1 N–H and O–H groups in total. The van der Waals surface area contributed by atoms with Gasteiger partial charge in [-0.15, -0.1) is 0 Å². The SMILES string of the molecule is Cc1nccn1CCN1CC(C)(C)NCC1C. The van der Waals surface area contributed by atoms with E-state index in [1.165, 1.54) is 0 Å². The monoisotopic (exact) mass is 236 g/mol. The molecule has 0 bridgehead atoms. The minimum Gasteiger partial charge on any atom is -0.334 e. The van der Waals surface area contributed by atoms with Gasteiger partial charge in [-0.25, -0.2) is 4.98 Å². The maximum Gasteiger partial charge on any atom is 0.105 e. The summed E-state index contributed by atoms with van der Waals surface area (Å²) >= 11 is 0. The molecule has 2 heterocycles. The van der Waals surface area contributed by atoms with Crippen molar-refractivity contribution >= 4 is 0 Å². The van der Waals surface area contributed by atoms with Gasteiger partial charge in [0.2, 0.25) is 0 Å². The van der Waals surface area contributed by atoms with Crippen LogP contribution >= 0.6 is 0 Å². The summed E-state index contributed by atoms with van der Waals surface area (Å²) in [6.07, 6.45) is 3.94. The van der Waals surface area contributed by atoms with Crippen molar-refractivity contribution in [1.29, 1.82) is 0 Å². The van der Waals surface area contributed by atoms with Crippen LogP contribution in [0.15, 0.2) is 12.4 Å². The van der Waals surface area contributed by atoms with Crippen LogP contribution in [-0.4, -0.2) is 45.7 Å². The Bertz CT molecular complexity index is 369. The third-order valence-corrected chi connectivity index (χ3v) is 3.65. The maximum atomic E-state index is 4.26. The molecule has 1 aliphatic heterocycles. The molecule has 4 nitrogen and oxygen atoms in total. The first kappa shape index (κ1) is 12.6. The normalized spacial score (nSPS) is 25.1. The smallest absolute Gasteiger partial charge is 0.105 e. The van der Waals surface area contributed by atoms with Crippen molar-refractivity contribution in [1.82, 2.24) is 19.8 Å². The average molecular weight is 236 g/mol. The third kappa shape index (κ3) is 3.07. The number of hydrogen-bond acceptors (Lipinski definition) is 3. The number of nitrogens with zero attached hydrogens (tertiary/aromatic N) is 3. The van der Waals surface area contributed by atoms with Crippen LogP contribution < -0.4 is 5.32 Å². The molecular weight excluding hydrogens is 212 g/mol. The molecule has 17 heavy (non-hydrogen) atoms. The molecule has 0 aromatic carbocycles. The van der Waals surface area contributed by atoms with Crippen LogP contribution in [0.25, 0.3) is 0 Å². The van der Waals surface area contributed by atoms with Crippen molar-refractivity contribution in [3.63, 3.8) is 0 Å². The molecule has 0 amide bonds. The second-order valence-electron chi connectivity index (χ2n) is 5.75. The van der Waals surface area contributed by atoms with E-state index in [4.69, 9.17) is 0 Å². The van der Waals surface area contributed by atoms with Crippen LogP contribution in [-0.2, 0) is 6.54 Å². The molecule has 1 fully saturated rings. The molecule has 1 atom stereocenters. The zero-order chi connectivity index (χ0) is 12.5. The number of piperazine rings is 1. The highest BCUT2D eigenvalue weighted by Gasteiger charge is 2.29.